The maximum Gasteiger partial charge on any atom is 2.00 e. The van der Waals surface area contributed by atoms with Crippen molar-refractivity contribution in [3.63, 3.8) is 0 Å². The molecule has 3 heterocycles. The van der Waals surface area contributed by atoms with Crippen molar-refractivity contribution in [2.24, 2.45) is 0 Å². The average molecular weight is 1190 g/mol. The number of hydrogen-bond donors (Lipinski definition) is 0. The fourth-order valence-electron chi connectivity index (χ4n) is 9.23. The van der Waals surface area contributed by atoms with Gasteiger partial charge in [-0.15, -0.1) is 10.2 Å². The Balaban J connectivity index is 0.000000747. The first-order chi connectivity index (χ1) is 39.8. The van der Waals surface area contributed by atoms with Crippen molar-refractivity contribution >= 4 is 29.2 Å². The summed E-state index contributed by atoms with van der Waals surface area (Å²) in [5, 5.41) is 17.8. The number of nitrogens with zero attached hydrogens (tertiary/aromatic N) is 8. The summed E-state index contributed by atoms with van der Waals surface area (Å²) in [6.07, 6.45) is 48.9. The van der Waals surface area contributed by atoms with Gasteiger partial charge >= 0.3 is 34.1 Å². The van der Waals surface area contributed by atoms with Crippen LogP contribution in [0.4, 0.5) is 10.1 Å². The van der Waals surface area contributed by atoms with E-state index >= 15 is 0 Å². The summed E-state index contributed by atoms with van der Waals surface area (Å²) in [7, 11) is 0. The number of ether oxygens (including phenoxy) is 2. The van der Waals surface area contributed by atoms with Gasteiger partial charge in [-0.2, -0.15) is 0 Å². The number of amides is 1. The van der Waals surface area contributed by atoms with Crippen molar-refractivity contribution in [3.05, 3.63) is 276 Å². The molecule has 0 spiro atoms. The Hall–Kier alpha value is -8.36. The molecule has 4 aliphatic carbocycles. The number of benzene rings is 4. The van der Waals surface area contributed by atoms with Crippen molar-refractivity contribution in [2.75, 3.05) is 18.1 Å². The van der Waals surface area contributed by atoms with E-state index in [0.29, 0.717) is 78.8 Å². The van der Waals surface area contributed by atoms with Crippen molar-refractivity contribution in [2.45, 2.75) is 76.8 Å². The summed E-state index contributed by atoms with van der Waals surface area (Å²) in [6, 6.07) is 29.0. The number of rotatable bonds is 24. The second-order valence-corrected chi connectivity index (χ2v) is 19.5. The topological polar surface area (TPSA) is 138 Å². The fourth-order valence-corrected chi connectivity index (χ4v) is 9.23. The molecule has 2 atom stereocenters. The molecule has 422 valence electrons. The van der Waals surface area contributed by atoms with Gasteiger partial charge in [0, 0.05) is 68.2 Å². The molecule has 0 saturated carbocycles. The number of β-lactam (4-membered cyclic amide) rings is 1. The molecule has 0 unspecified atom stereocenters. The zero-order chi connectivity index (χ0) is 55.9. The van der Waals surface area contributed by atoms with Crippen LogP contribution in [0.2, 0.25) is 0 Å². The Kier molecular flexibility index (Phi) is 24.7. The van der Waals surface area contributed by atoms with Crippen LogP contribution in [0.5, 0.6) is 11.5 Å². The van der Waals surface area contributed by atoms with Gasteiger partial charge in [-0.3, -0.25) is 28.6 Å². The SMILES string of the molecule is C1=CCC=C1.C1=CCC=C1.O=C(/C=C/C1=CCC=C1)c1ccc(OCCCn2cc(CN(Cc3cn(CCCOc4ccc(C(=O)/C=C/C5=CCC=C5)cc4)nn3)[C@@H]3C(=O)N(c4ccc(F)cc4)[C@@H]3/C=C/c3ccccc3)nn2)cc1.[Fe+2].[Fe+2]. The molecule has 2 aromatic heterocycles. The maximum absolute atomic E-state index is 14.3. The zero-order valence-corrected chi connectivity index (χ0v) is 48.1. The second kappa shape index (κ2) is 32.9. The number of carbonyl (C=O) groups excluding carboxylic acids is 3. The molecule has 1 fully saturated rings. The Bertz CT molecular complexity index is 3240. The number of aryl methyl sites for hydroxylation is 2. The molecule has 6 aromatic rings. The van der Waals surface area contributed by atoms with Crippen molar-refractivity contribution in [1.29, 1.82) is 0 Å². The van der Waals surface area contributed by atoms with Gasteiger partial charge in [0.05, 0.1) is 30.6 Å². The van der Waals surface area contributed by atoms with E-state index in [1.165, 1.54) is 12.1 Å². The van der Waals surface area contributed by atoms with Crippen LogP contribution in [0.3, 0.4) is 0 Å². The van der Waals surface area contributed by atoms with Crippen LogP contribution in [0, 0.1) is 5.82 Å². The molecule has 5 aliphatic rings. The van der Waals surface area contributed by atoms with Crippen molar-refractivity contribution in [3.8, 4) is 11.5 Å². The Morgan fingerprint density at radius 3 is 1.51 bits per heavy atom. The van der Waals surface area contributed by atoms with Gasteiger partial charge in [-0.1, -0.05) is 150 Å². The maximum atomic E-state index is 14.3. The van der Waals surface area contributed by atoms with Crippen molar-refractivity contribution < 1.29 is 62.4 Å². The minimum Gasteiger partial charge on any atom is -0.494 e. The first-order valence-electron chi connectivity index (χ1n) is 27.4. The predicted octanol–water partition coefficient (Wildman–Crippen LogP) is 12.7. The van der Waals surface area contributed by atoms with Crippen LogP contribution in [0.25, 0.3) is 6.08 Å². The standard InChI is InChI=1S/C57H53FN8O5.2C5H6.2Fe/c58-47-23-25-50(26-24-47)66-53(31-16-42-10-2-1-3-11-42)56(57(66)69)63(38-48-40-64(61-59-48)34-8-36-70-51-27-19-45(20-28-51)54(67)32-17-43-12-4-5-13-43)39-49-41-65(62-60-49)35-9-37-71-52-29-21-46(22-30-52)55(68)33-18-44-14-6-7-15-44;2*1-2-4-5-3-1;;/h1-4,6,10-33,40-41,53,56H,5,7-9,34-39H2;2*1-4H,5H2;;/q;;;2*+2/b31-16+,32-17+,33-18+;;;;/t53-,56+;;;;/m1..../s1. The summed E-state index contributed by atoms with van der Waals surface area (Å²) in [5.74, 6) is 0.666. The van der Waals surface area contributed by atoms with Gasteiger partial charge in [0.2, 0.25) is 5.91 Å². The van der Waals surface area contributed by atoms with E-state index in [2.05, 4.69) is 93.5 Å². The van der Waals surface area contributed by atoms with Gasteiger partial charge in [0.25, 0.3) is 0 Å². The Morgan fingerprint density at radius 1 is 0.590 bits per heavy atom. The third-order valence-corrected chi connectivity index (χ3v) is 13.4. The van der Waals surface area contributed by atoms with E-state index < -0.39 is 12.1 Å². The quantitative estimate of drug-likeness (QED) is 0.0189. The number of halogens is 1. The zero-order valence-electron chi connectivity index (χ0n) is 45.9. The molecule has 1 saturated heterocycles. The van der Waals surface area contributed by atoms with Crippen LogP contribution in [-0.2, 0) is 65.1 Å². The first-order valence-corrected chi connectivity index (χ1v) is 27.4. The van der Waals surface area contributed by atoms with E-state index in [-0.39, 0.29) is 70.5 Å². The summed E-state index contributed by atoms with van der Waals surface area (Å²) in [6.45, 7) is 2.49. The molecule has 1 aliphatic heterocycles. The Morgan fingerprint density at radius 2 is 1.07 bits per heavy atom. The van der Waals surface area contributed by atoms with Crippen LogP contribution in [0.1, 0.15) is 76.2 Å². The van der Waals surface area contributed by atoms with Gasteiger partial charge in [0.1, 0.15) is 23.4 Å². The molecule has 4 aromatic carbocycles. The third-order valence-electron chi connectivity index (χ3n) is 13.4. The minimum absolute atomic E-state index is 0. The number of aromatic nitrogens is 6. The number of hydrogen-bond acceptors (Lipinski definition) is 10. The molecule has 0 N–H and O–H groups in total. The fraction of sp³-hybridized carbons (Fsp3) is 0.209. The van der Waals surface area contributed by atoms with E-state index in [0.717, 1.165) is 42.4 Å². The molecule has 0 bridgehead atoms. The normalized spacial score (nSPS) is 16.2. The molecular formula is C67H65FFe2N8O5+4. The summed E-state index contributed by atoms with van der Waals surface area (Å²) < 4.78 is 29.6. The monoisotopic (exact) mass is 1190 g/mol. The van der Waals surface area contributed by atoms with Gasteiger partial charge in [0.15, 0.2) is 11.6 Å². The molecule has 16 heteroatoms. The van der Waals surface area contributed by atoms with Crippen molar-refractivity contribution in [1.82, 2.24) is 34.9 Å². The predicted molar refractivity (Wildman–Crippen MR) is 316 cm³/mol. The third kappa shape index (κ3) is 19.1. The molecule has 0 radical (unpaired) electrons. The van der Waals surface area contributed by atoms with Crippen LogP contribution in [0.15, 0.2) is 242 Å². The average Bonchev–Trinajstić information content (AvgIpc) is 4.51. The van der Waals surface area contributed by atoms with E-state index in [1.54, 1.807) is 87.1 Å². The largest absolute Gasteiger partial charge is 2.00 e. The van der Waals surface area contributed by atoms with Crippen LogP contribution in [-0.4, -0.2) is 77.7 Å². The van der Waals surface area contributed by atoms with E-state index in [9.17, 15) is 18.8 Å². The molecular weight excluding hydrogens is 1130 g/mol. The minimum atomic E-state index is -0.615. The number of ketones is 2. The number of carbonyl (C=O) groups is 3. The molecule has 13 nitrogen and oxygen atoms in total. The molecule has 83 heavy (non-hydrogen) atoms. The summed E-state index contributed by atoms with van der Waals surface area (Å²) in [4.78, 5) is 43.3. The Labute approximate surface area is 506 Å². The molecule has 11 rings (SSSR count). The van der Waals surface area contributed by atoms with E-state index in [1.807, 2.05) is 84.1 Å². The molecule has 1 amide bonds. The smallest absolute Gasteiger partial charge is 0.494 e. The van der Waals surface area contributed by atoms with Gasteiger partial charge in [-0.25, -0.2) is 4.39 Å². The van der Waals surface area contributed by atoms with Gasteiger partial charge in [-0.05, 0) is 127 Å². The van der Waals surface area contributed by atoms with Crippen LogP contribution >= 0.6 is 0 Å². The number of anilines is 1. The second-order valence-electron chi connectivity index (χ2n) is 19.5. The number of allylic oxidation sites excluding steroid dienone is 20. The summed E-state index contributed by atoms with van der Waals surface area (Å²) >= 11 is 0. The summed E-state index contributed by atoms with van der Waals surface area (Å²) in [5.41, 5.74) is 6.14. The van der Waals surface area contributed by atoms with Crippen LogP contribution < -0.4 is 14.4 Å². The van der Waals surface area contributed by atoms with E-state index in [4.69, 9.17) is 9.47 Å². The van der Waals surface area contributed by atoms with Gasteiger partial charge < -0.3 is 14.4 Å². The first kappa shape index (κ1) is 62.2.